The normalized spacial score (nSPS) is 14.5. The van der Waals surface area contributed by atoms with E-state index in [4.69, 9.17) is 4.99 Å². The molecule has 0 N–H and O–H groups in total. The monoisotopic (exact) mass is 394 g/mol. The Kier molecular flexibility index (Phi) is 7.13. The summed E-state index contributed by atoms with van der Waals surface area (Å²) in [5.41, 5.74) is 4.44. The van der Waals surface area contributed by atoms with Gasteiger partial charge in [-0.3, -0.25) is 4.99 Å². The molecular formula is C24H31FN4. The Morgan fingerprint density at radius 1 is 1.24 bits per heavy atom. The van der Waals surface area contributed by atoms with E-state index in [2.05, 4.69) is 35.3 Å². The van der Waals surface area contributed by atoms with Crippen LogP contribution in [0.1, 0.15) is 45.6 Å². The molecule has 29 heavy (non-hydrogen) atoms. The summed E-state index contributed by atoms with van der Waals surface area (Å²) in [6.45, 7) is 12.7. The zero-order valence-corrected chi connectivity index (χ0v) is 17.8. The molecule has 1 fully saturated rings. The molecule has 0 saturated carbocycles. The molecule has 0 amide bonds. The van der Waals surface area contributed by atoms with Crippen molar-refractivity contribution in [3.8, 4) is 11.1 Å². The highest BCUT2D eigenvalue weighted by molar-refractivity contribution is 5.99. The van der Waals surface area contributed by atoms with E-state index in [1.54, 1.807) is 18.5 Å². The third kappa shape index (κ3) is 5.28. The van der Waals surface area contributed by atoms with Crippen molar-refractivity contribution in [2.24, 2.45) is 10.9 Å². The first-order valence-corrected chi connectivity index (χ1v) is 10.5. The van der Waals surface area contributed by atoms with E-state index >= 15 is 0 Å². The van der Waals surface area contributed by atoms with E-state index in [-0.39, 0.29) is 5.82 Å². The van der Waals surface area contributed by atoms with Gasteiger partial charge in [0.2, 0.25) is 5.95 Å². The van der Waals surface area contributed by atoms with Gasteiger partial charge in [-0.25, -0.2) is 14.4 Å². The molecule has 1 atom stereocenters. The Balaban J connectivity index is 1.48. The minimum absolute atomic E-state index is 0.178. The molecule has 4 nitrogen and oxygen atoms in total. The molecule has 0 aliphatic carbocycles. The number of nitrogens with zero attached hydrogens (tertiary/aromatic N) is 4. The van der Waals surface area contributed by atoms with Gasteiger partial charge in [-0.2, -0.15) is 0 Å². The number of allylic oxidation sites excluding steroid dienone is 1. The molecule has 1 aliphatic heterocycles. The lowest BCUT2D eigenvalue weighted by Crippen LogP contribution is -2.48. The van der Waals surface area contributed by atoms with Gasteiger partial charge in [0.15, 0.2) is 0 Å². The molecule has 154 valence electrons. The minimum atomic E-state index is -0.178. The molecular weight excluding hydrogens is 363 g/mol. The quantitative estimate of drug-likeness (QED) is 0.417. The fourth-order valence-electron chi connectivity index (χ4n) is 3.38. The number of unbranched alkanes of at least 4 members (excludes halogenated alkanes) is 1. The summed E-state index contributed by atoms with van der Waals surface area (Å²) in [4.78, 5) is 15.7. The zero-order chi connectivity index (χ0) is 20.8. The summed E-state index contributed by atoms with van der Waals surface area (Å²) < 4.78 is 14.5. The van der Waals surface area contributed by atoms with Crippen LogP contribution in [0.15, 0.2) is 47.7 Å². The van der Waals surface area contributed by atoms with Crippen molar-refractivity contribution in [1.29, 1.82) is 0 Å². The smallest absolute Gasteiger partial charge is 0.225 e. The second-order valence-electron chi connectivity index (χ2n) is 7.95. The second-order valence-corrected chi connectivity index (χ2v) is 7.95. The van der Waals surface area contributed by atoms with Crippen LogP contribution in [0.2, 0.25) is 0 Å². The maximum Gasteiger partial charge on any atom is 0.225 e. The summed E-state index contributed by atoms with van der Waals surface area (Å²) in [6.07, 6.45) is 7.58. The molecule has 5 heteroatoms. The molecule has 1 saturated heterocycles. The summed E-state index contributed by atoms with van der Waals surface area (Å²) >= 11 is 0. The molecule has 1 aliphatic rings. The van der Waals surface area contributed by atoms with E-state index in [1.807, 2.05) is 19.1 Å². The van der Waals surface area contributed by atoms with Crippen LogP contribution in [0.4, 0.5) is 10.3 Å². The number of halogens is 1. The Morgan fingerprint density at radius 2 is 1.97 bits per heavy atom. The van der Waals surface area contributed by atoms with Gasteiger partial charge >= 0.3 is 0 Å². The SMILES string of the molecule is C=C(C)C(C)CCCCN=C1CN(c2ncc(-c3cccc(CC)c3F)cn2)C1. The summed E-state index contributed by atoms with van der Waals surface area (Å²) in [6, 6.07) is 5.47. The molecule has 0 spiro atoms. The minimum Gasteiger partial charge on any atom is -0.330 e. The molecule has 1 aromatic carbocycles. The maximum atomic E-state index is 14.5. The number of aryl methyl sites for hydroxylation is 1. The van der Waals surface area contributed by atoms with Crippen molar-refractivity contribution in [3.05, 3.63) is 54.1 Å². The summed E-state index contributed by atoms with van der Waals surface area (Å²) in [7, 11) is 0. The van der Waals surface area contributed by atoms with Crippen molar-refractivity contribution < 1.29 is 4.39 Å². The van der Waals surface area contributed by atoms with Crippen LogP contribution in [0.5, 0.6) is 0 Å². The topological polar surface area (TPSA) is 41.4 Å². The van der Waals surface area contributed by atoms with Crippen molar-refractivity contribution in [1.82, 2.24) is 9.97 Å². The van der Waals surface area contributed by atoms with E-state index < -0.39 is 0 Å². The van der Waals surface area contributed by atoms with Crippen LogP contribution in [-0.2, 0) is 6.42 Å². The lowest BCUT2D eigenvalue weighted by atomic mass is 9.98. The number of hydrogen-bond acceptors (Lipinski definition) is 4. The first kappa shape index (κ1) is 21.2. The largest absolute Gasteiger partial charge is 0.330 e. The molecule has 2 aromatic rings. The highest BCUT2D eigenvalue weighted by Crippen LogP contribution is 2.25. The van der Waals surface area contributed by atoms with Crippen LogP contribution in [0.3, 0.4) is 0 Å². The third-order valence-electron chi connectivity index (χ3n) is 5.66. The van der Waals surface area contributed by atoms with E-state index in [0.717, 1.165) is 26.1 Å². The van der Waals surface area contributed by atoms with Crippen LogP contribution in [0.25, 0.3) is 11.1 Å². The van der Waals surface area contributed by atoms with Gasteiger partial charge in [0.05, 0.1) is 18.8 Å². The van der Waals surface area contributed by atoms with Crippen molar-refractivity contribution in [2.45, 2.75) is 46.5 Å². The number of rotatable bonds is 9. The van der Waals surface area contributed by atoms with E-state index in [9.17, 15) is 4.39 Å². The first-order valence-electron chi connectivity index (χ1n) is 10.5. The highest BCUT2D eigenvalue weighted by atomic mass is 19.1. The van der Waals surface area contributed by atoms with Gasteiger partial charge in [0.1, 0.15) is 5.82 Å². The molecule has 3 rings (SSSR count). The van der Waals surface area contributed by atoms with Crippen LogP contribution >= 0.6 is 0 Å². The Morgan fingerprint density at radius 3 is 2.62 bits per heavy atom. The first-order chi connectivity index (χ1) is 14.0. The van der Waals surface area contributed by atoms with Crippen LogP contribution in [-0.4, -0.2) is 35.3 Å². The fourth-order valence-corrected chi connectivity index (χ4v) is 3.38. The van der Waals surface area contributed by atoms with Crippen LogP contribution in [0, 0.1) is 11.7 Å². The molecule has 0 bridgehead atoms. The lowest BCUT2D eigenvalue weighted by Gasteiger charge is -2.32. The number of hydrogen-bond donors (Lipinski definition) is 0. The third-order valence-corrected chi connectivity index (χ3v) is 5.66. The number of benzene rings is 1. The van der Waals surface area contributed by atoms with Crippen molar-refractivity contribution in [2.75, 3.05) is 24.5 Å². The van der Waals surface area contributed by atoms with Gasteiger partial charge in [0, 0.05) is 30.1 Å². The fraction of sp³-hybridized carbons (Fsp3) is 0.458. The predicted molar refractivity (Wildman–Crippen MR) is 119 cm³/mol. The average Bonchev–Trinajstić information content (AvgIpc) is 2.69. The van der Waals surface area contributed by atoms with Gasteiger partial charge in [-0.1, -0.05) is 50.6 Å². The zero-order valence-electron chi connectivity index (χ0n) is 17.8. The molecule has 1 aromatic heterocycles. The predicted octanol–water partition coefficient (Wildman–Crippen LogP) is 5.49. The van der Waals surface area contributed by atoms with Crippen molar-refractivity contribution in [3.63, 3.8) is 0 Å². The van der Waals surface area contributed by atoms with Crippen LogP contribution < -0.4 is 4.90 Å². The highest BCUT2D eigenvalue weighted by Gasteiger charge is 2.24. The molecule has 1 unspecified atom stereocenters. The summed E-state index contributed by atoms with van der Waals surface area (Å²) in [5.74, 6) is 1.09. The standard InChI is InChI=1S/C24H31FN4/c1-5-19-10-8-11-22(23(19)25)20-13-27-24(28-14-20)29-15-21(16-29)26-12-7-6-9-18(4)17(2)3/h8,10-11,13-14,18H,2,5-7,9,12,15-16H2,1,3-4H3. The molecule has 0 radical (unpaired) electrons. The average molecular weight is 395 g/mol. The number of aromatic nitrogens is 2. The van der Waals surface area contributed by atoms with Gasteiger partial charge in [-0.15, -0.1) is 0 Å². The van der Waals surface area contributed by atoms with Gasteiger partial charge in [-0.05, 0) is 37.7 Å². The summed E-state index contributed by atoms with van der Waals surface area (Å²) in [5, 5.41) is 0. The number of anilines is 1. The number of aliphatic imine (C=N–C) groups is 1. The maximum absolute atomic E-state index is 14.5. The Labute approximate surface area is 173 Å². The van der Waals surface area contributed by atoms with Gasteiger partial charge in [0.25, 0.3) is 0 Å². The van der Waals surface area contributed by atoms with Gasteiger partial charge < -0.3 is 4.90 Å². The lowest BCUT2D eigenvalue weighted by molar-refractivity contribution is 0.563. The van der Waals surface area contributed by atoms with E-state index in [0.29, 0.717) is 35.0 Å². The van der Waals surface area contributed by atoms with Crippen molar-refractivity contribution >= 4 is 11.7 Å². The second kappa shape index (κ2) is 9.77. The molecule has 2 heterocycles. The Bertz CT molecular complexity index is 865. The Hall–Kier alpha value is -2.56. The van der Waals surface area contributed by atoms with E-state index in [1.165, 1.54) is 24.1 Å².